The molecule has 0 aliphatic carbocycles. The van der Waals surface area contributed by atoms with E-state index in [1.807, 2.05) is 19.1 Å². The minimum Gasteiger partial charge on any atom is -0.496 e. The summed E-state index contributed by atoms with van der Waals surface area (Å²) in [6.45, 7) is 6.13. The van der Waals surface area contributed by atoms with Gasteiger partial charge < -0.3 is 20.7 Å². The molecule has 25 heavy (non-hydrogen) atoms. The smallest absolute Gasteiger partial charge is 0.221 e. The first-order chi connectivity index (χ1) is 11.6. The van der Waals surface area contributed by atoms with Gasteiger partial charge in [0.1, 0.15) is 5.75 Å². The molecule has 6 nitrogen and oxygen atoms in total. The summed E-state index contributed by atoms with van der Waals surface area (Å²) in [5, 5.41) is 9.26. The molecule has 0 radical (unpaired) electrons. The summed E-state index contributed by atoms with van der Waals surface area (Å²) in [7, 11) is 3.41. The highest BCUT2D eigenvalue weighted by atomic mass is 127. The van der Waals surface area contributed by atoms with E-state index in [1.165, 1.54) is 11.1 Å². The Balaban J connectivity index is 0.00000576. The van der Waals surface area contributed by atoms with E-state index in [4.69, 9.17) is 4.74 Å². The second-order valence-corrected chi connectivity index (χ2v) is 5.59. The number of benzene rings is 1. The van der Waals surface area contributed by atoms with Gasteiger partial charge in [-0.15, -0.1) is 24.0 Å². The van der Waals surface area contributed by atoms with Crippen LogP contribution in [0.2, 0.25) is 0 Å². The molecule has 0 saturated heterocycles. The number of nitrogens with zero attached hydrogens (tertiary/aromatic N) is 1. The number of hydrogen-bond donors (Lipinski definition) is 3. The van der Waals surface area contributed by atoms with Crippen LogP contribution in [0.4, 0.5) is 0 Å². The molecule has 0 bridgehead atoms. The fourth-order valence-corrected chi connectivity index (χ4v) is 2.29. The molecular formula is C18H31IN4O2. The normalized spacial score (nSPS) is 10.6. The Kier molecular flexibility index (Phi) is 12.9. The zero-order valence-electron chi connectivity index (χ0n) is 15.6. The maximum Gasteiger partial charge on any atom is 0.221 e. The van der Waals surface area contributed by atoms with Crippen molar-refractivity contribution in [2.45, 2.75) is 33.1 Å². The molecule has 1 amide bonds. The number of amides is 1. The summed E-state index contributed by atoms with van der Waals surface area (Å²) in [5.41, 5.74) is 2.38. The quantitative estimate of drug-likeness (QED) is 0.299. The van der Waals surface area contributed by atoms with Gasteiger partial charge >= 0.3 is 0 Å². The number of hydrogen-bond acceptors (Lipinski definition) is 3. The monoisotopic (exact) mass is 462 g/mol. The number of halogens is 1. The van der Waals surface area contributed by atoms with Crippen LogP contribution in [0, 0.1) is 6.92 Å². The van der Waals surface area contributed by atoms with E-state index in [0.29, 0.717) is 18.9 Å². The van der Waals surface area contributed by atoms with Crippen LogP contribution in [0.15, 0.2) is 23.2 Å². The molecule has 0 fully saturated rings. The molecule has 0 aliphatic rings. The highest BCUT2D eigenvalue weighted by Crippen LogP contribution is 2.19. The first kappa shape index (κ1) is 23.5. The van der Waals surface area contributed by atoms with Gasteiger partial charge in [0.2, 0.25) is 5.91 Å². The summed E-state index contributed by atoms with van der Waals surface area (Å²) in [6.07, 6.45) is 2.22. The van der Waals surface area contributed by atoms with Crippen LogP contribution in [-0.2, 0) is 11.2 Å². The van der Waals surface area contributed by atoms with Crippen molar-refractivity contribution in [1.29, 1.82) is 0 Å². The summed E-state index contributed by atoms with van der Waals surface area (Å²) in [6, 6.07) is 6.17. The van der Waals surface area contributed by atoms with Crippen LogP contribution in [0.3, 0.4) is 0 Å². The molecule has 3 N–H and O–H groups in total. The molecule has 0 heterocycles. The Morgan fingerprint density at radius 2 is 1.88 bits per heavy atom. The lowest BCUT2D eigenvalue weighted by atomic mass is 10.1. The standard InChI is InChI=1S/C18H30N4O2.HI/c1-5-10-20-17(23)9-12-22-18(19-3)21-11-8-15-13-14(2)6-7-16(15)24-4;/h6-7,13H,5,8-12H2,1-4H3,(H,20,23)(H2,19,21,22);1H. The summed E-state index contributed by atoms with van der Waals surface area (Å²) in [4.78, 5) is 15.7. The Hall–Kier alpha value is -1.51. The zero-order chi connectivity index (χ0) is 17.8. The van der Waals surface area contributed by atoms with Crippen LogP contribution in [-0.4, -0.2) is 45.7 Å². The van der Waals surface area contributed by atoms with Crippen molar-refractivity contribution in [3.63, 3.8) is 0 Å². The highest BCUT2D eigenvalue weighted by Gasteiger charge is 2.05. The molecule has 0 unspecified atom stereocenters. The summed E-state index contributed by atoms with van der Waals surface area (Å²) in [5.74, 6) is 1.66. The van der Waals surface area contributed by atoms with Crippen molar-refractivity contribution < 1.29 is 9.53 Å². The fourth-order valence-electron chi connectivity index (χ4n) is 2.29. The van der Waals surface area contributed by atoms with Crippen LogP contribution in [0.25, 0.3) is 0 Å². The van der Waals surface area contributed by atoms with Crippen molar-refractivity contribution >= 4 is 35.8 Å². The number of guanidine groups is 1. The van der Waals surface area contributed by atoms with Gasteiger partial charge in [0.15, 0.2) is 5.96 Å². The lowest BCUT2D eigenvalue weighted by Gasteiger charge is -2.13. The second kappa shape index (κ2) is 13.7. The van der Waals surface area contributed by atoms with Crippen LogP contribution >= 0.6 is 24.0 Å². The van der Waals surface area contributed by atoms with Crippen molar-refractivity contribution in [2.75, 3.05) is 33.8 Å². The number of rotatable bonds is 9. The van der Waals surface area contributed by atoms with E-state index >= 15 is 0 Å². The second-order valence-electron chi connectivity index (χ2n) is 5.59. The number of methoxy groups -OCH3 is 1. The molecule has 0 atom stereocenters. The Morgan fingerprint density at radius 3 is 2.52 bits per heavy atom. The lowest BCUT2D eigenvalue weighted by Crippen LogP contribution is -2.40. The van der Waals surface area contributed by atoms with Crippen LogP contribution in [0.1, 0.15) is 30.9 Å². The van der Waals surface area contributed by atoms with Gasteiger partial charge in [-0.2, -0.15) is 0 Å². The zero-order valence-corrected chi connectivity index (χ0v) is 18.0. The maximum absolute atomic E-state index is 11.5. The predicted molar refractivity (Wildman–Crippen MR) is 114 cm³/mol. The lowest BCUT2D eigenvalue weighted by molar-refractivity contribution is -0.120. The third-order valence-corrected chi connectivity index (χ3v) is 3.56. The first-order valence-corrected chi connectivity index (χ1v) is 8.45. The number of nitrogens with one attached hydrogen (secondary N) is 3. The van der Waals surface area contributed by atoms with Gasteiger partial charge in [0.05, 0.1) is 7.11 Å². The molecular weight excluding hydrogens is 431 g/mol. The van der Waals surface area contributed by atoms with Gasteiger partial charge in [-0.1, -0.05) is 24.6 Å². The van der Waals surface area contributed by atoms with Gasteiger partial charge in [-0.3, -0.25) is 9.79 Å². The van der Waals surface area contributed by atoms with Gasteiger partial charge in [0, 0.05) is 33.1 Å². The Morgan fingerprint density at radius 1 is 1.16 bits per heavy atom. The predicted octanol–water partition coefficient (Wildman–Crippen LogP) is 2.25. The summed E-state index contributed by atoms with van der Waals surface area (Å²) < 4.78 is 5.39. The minimum atomic E-state index is 0. The van der Waals surface area contributed by atoms with Crippen LogP contribution < -0.4 is 20.7 Å². The third-order valence-electron chi connectivity index (χ3n) is 3.56. The van der Waals surface area contributed by atoms with Crippen molar-refractivity contribution in [1.82, 2.24) is 16.0 Å². The van der Waals surface area contributed by atoms with Gasteiger partial charge in [-0.05, 0) is 31.4 Å². The van der Waals surface area contributed by atoms with Crippen molar-refractivity contribution in [3.8, 4) is 5.75 Å². The molecule has 7 heteroatoms. The SMILES string of the molecule is CCCNC(=O)CCNC(=NC)NCCc1cc(C)ccc1OC.I. The molecule has 0 aromatic heterocycles. The topological polar surface area (TPSA) is 74.8 Å². The fraction of sp³-hybridized carbons (Fsp3) is 0.556. The van der Waals surface area contributed by atoms with E-state index in [2.05, 4.69) is 33.9 Å². The number of aliphatic imine (C=N–C) groups is 1. The van der Waals surface area contributed by atoms with E-state index < -0.39 is 0 Å². The molecule has 1 aromatic carbocycles. The van der Waals surface area contributed by atoms with E-state index in [1.54, 1.807) is 14.2 Å². The van der Waals surface area contributed by atoms with E-state index in [-0.39, 0.29) is 29.9 Å². The van der Waals surface area contributed by atoms with Gasteiger partial charge in [0.25, 0.3) is 0 Å². The highest BCUT2D eigenvalue weighted by molar-refractivity contribution is 14.0. The Labute approximate surface area is 168 Å². The summed E-state index contributed by atoms with van der Waals surface area (Å²) >= 11 is 0. The molecule has 0 aliphatic heterocycles. The average Bonchev–Trinajstić information content (AvgIpc) is 2.58. The Bertz CT molecular complexity index is 550. The molecule has 0 saturated carbocycles. The molecule has 1 rings (SSSR count). The molecule has 142 valence electrons. The average molecular weight is 462 g/mol. The van der Waals surface area contributed by atoms with E-state index in [0.717, 1.165) is 31.7 Å². The van der Waals surface area contributed by atoms with Crippen LogP contribution in [0.5, 0.6) is 5.75 Å². The number of ether oxygens (including phenoxy) is 1. The number of carbonyl (C=O) groups excluding carboxylic acids is 1. The third kappa shape index (κ3) is 9.52. The maximum atomic E-state index is 11.5. The van der Waals surface area contributed by atoms with Crippen molar-refractivity contribution in [2.24, 2.45) is 4.99 Å². The minimum absolute atomic E-state index is 0. The van der Waals surface area contributed by atoms with Crippen molar-refractivity contribution in [3.05, 3.63) is 29.3 Å². The number of carbonyl (C=O) groups is 1. The van der Waals surface area contributed by atoms with Gasteiger partial charge in [-0.25, -0.2) is 0 Å². The van der Waals surface area contributed by atoms with E-state index in [9.17, 15) is 4.79 Å². The molecule has 0 spiro atoms. The molecule has 1 aromatic rings. The first-order valence-electron chi connectivity index (χ1n) is 8.45. The largest absolute Gasteiger partial charge is 0.496 e. The number of aryl methyl sites for hydroxylation is 1.